The first-order valence-corrected chi connectivity index (χ1v) is 11.5. The van der Waals surface area contributed by atoms with Gasteiger partial charge in [-0.05, 0) is 86.0 Å². The number of rotatable bonds is 5. The zero-order chi connectivity index (χ0) is 22.0. The van der Waals surface area contributed by atoms with E-state index in [9.17, 15) is 17.6 Å². The van der Waals surface area contributed by atoms with E-state index in [1.54, 1.807) is 12.1 Å². The minimum atomic E-state index is -0.954. The number of ether oxygens (including phenoxy) is 1. The predicted octanol–water partition coefficient (Wildman–Crippen LogP) is 7.95. The molecule has 0 spiro atoms. The lowest BCUT2D eigenvalue weighted by Gasteiger charge is -2.30. The van der Waals surface area contributed by atoms with Crippen molar-refractivity contribution in [1.82, 2.24) is 0 Å². The zero-order valence-corrected chi connectivity index (χ0v) is 18.0. The Hall–Kier alpha value is -2.04. The van der Waals surface area contributed by atoms with E-state index in [0.717, 1.165) is 51.4 Å². The van der Waals surface area contributed by atoms with Gasteiger partial charge in [0.2, 0.25) is 5.82 Å². The Kier molecular flexibility index (Phi) is 6.88. The molecule has 0 bridgehead atoms. The molecule has 31 heavy (non-hydrogen) atoms. The van der Waals surface area contributed by atoms with E-state index in [4.69, 9.17) is 4.74 Å². The average Bonchev–Trinajstić information content (AvgIpc) is 2.80. The largest absolute Gasteiger partial charge is 0.490 e. The van der Waals surface area contributed by atoms with E-state index in [0.29, 0.717) is 17.7 Å². The maximum absolute atomic E-state index is 14.9. The van der Waals surface area contributed by atoms with Crippen molar-refractivity contribution in [3.8, 4) is 5.75 Å². The van der Waals surface area contributed by atoms with Crippen LogP contribution >= 0.6 is 0 Å². The third kappa shape index (κ3) is 4.75. The Balaban J connectivity index is 1.35. The number of hydrogen-bond acceptors (Lipinski definition) is 1. The molecule has 2 aromatic carbocycles. The molecule has 0 aromatic heterocycles. The van der Waals surface area contributed by atoms with Gasteiger partial charge in [0.1, 0.15) is 0 Å². The summed E-state index contributed by atoms with van der Waals surface area (Å²) in [6.45, 7) is 1.80. The van der Waals surface area contributed by atoms with Crippen LogP contribution in [0, 0.1) is 36.1 Å². The first-order chi connectivity index (χ1) is 15.0. The first kappa shape index (κ1) is 22.2. The van der Waals surface area contributed by atoms with Crippen LogP contribution in [0.3, 0.4) is 0 Å². The minimum absolute atomic E-state index is 0.0142. The van der Waals surface area contributed by atoms with Crippen molar-refractivity contribution in [3.63, 3.8) is 0 Å². The fraction of sp³-hybridized carbons (Fsp3) is 0.538. The van der Waals surface area contributed by atoms with Crippen molar-refractivity contribution < 1.29 is 22.3 Å². The van der Waals surface area contributed by atoms with E-state index < -0.39 is 23.3 Å². The summed E-state index contributed by atoms with van der Waals surface area (Å²) in [6, 6.07) is 6.53. The van der Waals surface area contributed by atoms with Gasteiger partial charge in [-0.15, -0.1) is 0 Å². The summed E-state index contributed by atoms with van der Waals surface area (Å²) in [5.74, 6) is -2.94. The molecule has 0 amide bonds. The topological polar surface area (TPSA) is 9.23 Å². The summed E-state index contributed by atoms with van der Waals surface area (Å²) in [6.07, 6.45) is 8.25. The summed E-state index contributed by atoms with van der Waals surface area (Å²) >= 11 is 0. The maximum atomic E-state index is 14.9. The van der Waals surface area contributed by atoms with Gasteiger partial charge in [-0.25, -0.2) is 13.2 Å². The number of hydrogen-bond donors (Lipinski definition) is 0. The molecule has 0 unspecified atom stereocenters. The van der Waals surface area contributed by atoms with Crippen molar-refractivity contribution in [1.29, 1.82) is 0 Å². The lowest BCUT2D eigenvalue weighted by atomic mass is 9.77. The number of aryl methyl sites for hydroxylation is 1. The van der Waals surface area contributed by atoms with Crippen LogP contribution in [0.4, 0.5) is 17.6 Å². The van der Waals surface area contributed by atoms with Crippen LogP contribution in [0.15, 0.2) is 24.3 Å². The second-order valence-corrected chi connectivity index (χ2v) is 9.24. The van der Waals surface area contributed by atoms with Crippen LogP contribution in [0.5, 0.6) is 5.75 Å². The van der Waals surface area contributed by atoms with Crippen LogP contribution in [0.1, 0.15) is 86.3 Å². The SMILES string of the molecule is Cc1ccc(OCC2CCC(c3ccc(C4CCCCC4)c(F)c3F)CC2)c(F)c1F. The second kappa shape index (κ2) is 9.62. The van der Waals surface area contributed by atoms with Gasteiger partial charge in [0.15, 0.2) is 23.2 Å². The quantitative estimate of drug-likeness (QED) is 0.434. The van der Waals surface area contributed by atoms with Crippen LogP contribution in [-0.2, 0) is 0 Å². The molecular weight excluding hydrogens is 404 g/mol. The molecule has 0 saturated heterocycles. The molecule has 0 heterocycles. The molecule has 168 valence electrons. The molecular formula is C26H30F4O. The monoisotopic (exact) mass is 434 g/mol. The van der Waals surface area contributed by atoms with Gasteiger partial charge in [-0.2, -0.15) is 4.39 Å². The summed E-state index contributed by atoms with van der Waals surface area (Å²) in [7, 11) is 0. The van der Waals surface area contributed by atoms with Crippen molar-refractivity contribution in [2.75, 3.05) is 6.61 Å². The Bertz CT molecular complexity index is 912. The van der Waals surface area contributed by atoms with Gasteiger partial charge in [0.05, 0.1) is 6.61 Å². The lowest BCUT2D eigenvalue weighted by Crippen LogP contribution is -2.20. The second-order valence-electron chi connectivity index (χ2n) is 9.24. The maximum Gasteiger partial charge on any atom is 0.200 e. The smallest absolute Gasteiger partial charge is 0.200 e. The highest BCUT2D eigenvalue weighted by Gasteiger charge is 2.28. The number of benzene rings is 2. The van der Waals surface area contributed by atoms with Crippen molar-refractivity contribution in [2.24, 2.45) is 5.92 Å². The lowest BCUT2D eigenvalue weighted by molar-refractivity contribution is 0.191. The normalized spacial score (nSPS) is 22.5. The zero-order valence-electron chi connectivity index (χ0n) is 18.0. The average molecular weight is 435 g/mol. The highest BCUT2D eigenvalue weighted by atomic mass is 19.2. The van der Waals surface area contributed by atoms with Crippen LogP contribution in [-0.4, -0.2) is 6.61 Å². The highest BCUT2D eigenvalue weighted by molar-refractivity contribution is 5.32. The van der Waals surface area contributed by atoms with E-state index in [2.05, 4.69) is 0 Å². The molecule has 0 atom stereocenters. The molecule has 0 radical (unpaired) electrons. The van der Waals surface area contributed by atoms with Crippen LogP contribution in [0.2, 0.25) is 0 Å². The third-order valence-electron chi connectivity index (χ3n) is 7.19. The molecule has 2 aliphatic rings. The summed E-state index contributed by atoms with van der Waals surface area (Å²) in [5.41, 5.74) is 1.26. The Morgan fingerprint density at radius 3 is 1.87 bits per heavy atom. The molecule has 2 aromatic rings. The molecule has 5 heteroatoms. The molecule has 1 nitrogen and oxygen atoms in total. The van der Waals surface area contributed by atoms with Crippen molar-refractivity contribution in [3.05, 3.63) is 64.2 Å². The van der Waals surface area contributed by atoms with E-state index in [-0.39, 0.29) is 29.1 Å². The predicted molar refractivity (Wildman–Crippen MR) is 113 cm³/mol. The van der Waals surface area contributed by atoms with Crippen LogP contribution < -0.4 is 4.74 Å². The van der Waals surface area contributed by atoms with E-state index >= 15 is 0 Å². The van der Waals surface area contributed by atoms with Crippen molar-refractivity contribution in [2.45, 2.75) is 76.5 Å². The van der Waals surface area contributed by atoms with Gasteiger partial charge >= 0.3 is 0 Å². The first-order valence-electron chi connectivity index (χ1n) is 11.5. The van der Waals surface area contributed by atoms with E-state index in [1.807, 2.05) is 0 Å². The van der Waals surface area contributed by atoms with Crippen LogP contribution in [0.25, 0.3) is 0 Å². The minimum Gasteiger partial charge on any atom is -0.490 e. The van der Waals surface area contributed by atoms with Gasteiger partial charge < -0.3 is 4.74 Å². The molecule has 2 fully saturated rings. The fourth-order valence-corrected chi connectivity index (χ4v) is 5.21. The Labute approximate surface area is 181 Å². The Morgan fingerprint density at radius 1 is 0.677 bits per heavy atom. The summed E-state index contributed by atoms with van der Waals surface area (Å²) in [5, 5.41) is 0. The van der Waals surface area contributed by atoms with Gasteiger partial charge in [0.25, 0.3) is 0 Å². The molecule has 2 saturated carbocycles. The third-order valence-corrected chi connectivity index (χ3v) is 7.19. The molecule has 4 rings (SSSR count). The fourth-order valence-electron chi connectivity index (χ4n) is 5.21. The van der Waals surface area contributed by atoms with Gasteiger partial charge in [-0.3, -0.25) is 0 Å². The van der Waals surface area contributed by atoms with Crippen molar-refractivity contribution >= 4 is 0 Å². The number of halogens is 4. The highest BCUT2D eigenvalue weighted by Crippen LogP contribution is 2.40. The standard InChI is InChI=1S/C26H30F4O/c1-16-7-14-22(26(30)23(16)27)31-15-17-8-10-19(11-9-17)21-13-12-20(24(28)25(21)29)18-5-3-2-4-6-18/h7,12-14,17-19H,2-6,8-11,15H2,1H3. The summed E-state index contributed by atoms with van der Waals surface area (Å²) in [4.78, 5) is 0. The Morgan fingerprint density at radius 2 is 1.26 bits per heavy atom. The van der Waals surface area contributed by atoms with E-state index in [1.165, 1.54) is 25.5 Å². The van der Waals surface area contributed by atoms with Gasteiger partial charge in [-0.1, -0.05) is 37.5 Å². The molecule has 2 aliphatic carbocycles. The van der Waals surface area contributed by atoms with Gasteiger partial charge in [0, 0.05) is 0 Å². The molecule has 0 aliphatic heterocycles. The summed E-state index contributed by atoms with van der Waals surface area (Å²) < 4.78 is 62.9. The molecule has 0 N–H and O–H groups in total.